The summed E-state index contributed by atoms with van der Waals surface area (Å²) in [6.45, 7) is 1.16. The molecule has 2 fully saturated rings. The Morgan fingerprint density at radius 1 is 0.838 bits per heavy atom. The van der Waals surface area contributed by atoms with Crippen molar-refractivity contribution >= 4 is 0 Å². The zero-order valence-electron chi connectivity index (χ0n) is 21.0. The number of benzene rings is 2. The van der Waals surface area contributed by atoms with Crippen LogP contribution in [0.1, 0.15) is 62.5 Å². The lowest BCUT2D eigenvalue weighted by molar-refractivity contribution is -0.0437. The summed E-state index contributed by atoms with van der Waals surface area (Å²) >= 11 is 0. The van der Waals surface area contributed by atoms with Gasteiger partial charge in [0.15, 0.2) is 29.7 Å². The average Bonchev–Trinajstić information content (AvgIpc) is 2.88. The maximum atomic E-state index is 14.9. The molecule has 37 heavy (non-hydrogen) atoms. The minimum atomic E-state index is -3.67. The Hall–Kier alpha value is -2.42. The van der Waals surface area contributed by atoms with Crippen molar-refractivity contribution in [3.8, 4) is 11.5 Å². The molecule has 2 aromatic carbocycles. The molecule has 2 unspecified atom stereocenters. The number of ether oxygens (including phenoxy) is 3. The Kier molecular flexibility index (Phi) is 8.61. The Morgan fingerprint density at radius 3 is 2.16 bits per heavy atom. The minimum Gasteiger partial charge on any atom is -0.494 e. The molecular formula is C28H32F6O3. The van der Waals surface area contributed by atoms with E-state index in [1.165, 1.54) is 18.9 Å². The van der Waals surface area contributed by atoms with E-state index in [9.17, 15) is 26.3 Å². The second kappa shape index (κ2) is 11.5. The molecule has 0 amide bonds. The summed E-state index contributed by atoms with van der Waals surface area (Å²) in [6.07, 6.45) is 4.94. The van der Waals surface area contributed by atoms with Crippen molar-refractivity contribution in [3.05, 3.63) is 58.7 Å². The zero-order chi connectivity index (χ0) is 26.7. The van der Waals surface area contributed by atoms with E-state index >= 15 is 0 Å². The molecule has 2 aromatic rings. The van der Waals surface area contributed by atoms with Gasteiger partial charge in [-0.1, -0.05) is 31.9 Å². The van der Waals surface area contributed by atoms with Gasteiger partial charge in [-0.2, -0.15) is 8.78 Å². The standard InChI is InChI=1S/C28H32F6O3/c1-16-3-5-17(6-4-16)21-10-8-19(14-36-21)20-9-7-18(24(29)25(20)30)13-28(33,34)15-37-23-12-11-22(35-2)26(31)27(23)32/h7,9,11-12,16-17,19,21H,3-6,8,10,13-15H2,1-2H3. The van der Waals surface area contributed by atoms with E-state index in [0.29, 0.717) is 12.3 Å². The number of rotatable bonds is 8. The van der Waals surface area contributed by atoms with E-state index in [1.54, 1.807) is 0 Å². The molecule has 2 atom stereocenters. The number of halogens is 6. The van der Waals surface area contributed by atoms with Crippen LogP contribution in [0.2, 0.25) is 0 Å². The summed E-state index contributed by atoms with van der Waals surface area (Å²) < 4.78 is 102. The maximum Gasteiger partial charge on any atom is 0.285 e. The van der Waals surface area contributed by atoms with E-state index in [-0.39, 0.29) is 24.2 Å². The molecular weight excluding hydrogens is 498 g/mol. The maximum absolute atomic E-state index is 14.9. The van der Waals surface area contributed by atoms with Gasteiger partial charge in [0.2, 0.25) is 11.6 Å². The van der Waals surface area contributed by atoms with Gasteiger partial charge in [-0.25, -0.2) is 17.6 Å². The van der Waals surface area contributed by atoms with Crippen LogP contribution >= 0.6 is 0 Å². The second-order valence-electron chi connectivity index (χ2n) is 10.3. The van der Waals surface area contributed by atoms with Crippen LogP contribution in [-0.4, -0.2) is 32.4 Å². The molecule has 1 saturated carbocycles. The fourth-order valence-electron chi connectivity index (χ4n) is 5.40. The fourth-order valence-corrected chi connectivity index (χ4v) is 5.40. The van der Waals surface area contributed by atoms with Crippen molar-refractivity contribution < 1.29 is 40.6 Å². The highest BCUT2D eigenvalue weighted by Gasteiger charge is 2.35. The molecule has 1 aliphatic heterocycles. The van der Waals surface area contributed by atoms with Crippen LogP contribution in [0, 0.1) is 35.1 Å². The molecule has 0 radical (unpaired) electrons. The molecule has 204 valence electrons. The summed E-state index contributed by atoms with van der Waals surface area (Å²) in [5, 5.41) is 0. The Bertz CT molecular complexity index is 1080. The van der Waals surface area contributed by atoms with Crippen LogP contribution in [0.15, 0.2) is 24.3 Å². The van der Waals surface area contributed by atoms with Crippen LogP contribution in [0.5, 0.6) is 11.5 Å². The lowest BCUT2D eigenvalue weighted by Crippen LogP contribution is -2.33. The van der Waals surface area contributed by atoms with Gasteiger partial charge in [0.1, 0.15) is 0 Å². The third kappa shape index (κ3) is 6.36. The van der Waals surface area contributed by atoms with Gasteiger partial charge in [-0.3, -0.25) is 0 Å². The van der Waals surface area contributed by atoms with E-state index in [2.05, 4.69) is 11.7 Å². The van der Waals surface area contributed by atoms with Gasteiger partial charge < -0.3 is 14.2 Å². The van der Waals surface area contributed by atoms with Crippen LogP contribution in [0.4, 0.5) is 26.3 Å². The van der Waals surface area contributed by atoms with Gasteiger partial charge in [0, 0.05) is 12.3 Å². The van der Waals surface area contributed by atoms with Crippen LogP contribution < -0.4 is 9.47 Å². The van der Waals surface area contributed by atoms with E-state index in [0.717, 1.165) is 50.5 Å². The first-order chi connectivity index (χ1) is 17.6. The average molecular weight is 531 g/mol. The highest BCUT2D eigenvalue weighted by molar-refractivity contribution is 5.35. The van der Waals surface area contributed by atoms with Gasteiger partial charge >= 0.3 is 0 Å². The Labute approximate surface area is 213 Å². The number of methoxy groups -OCH3 is 1. The normalized spacial score (nSPS) is 24.6. The van der Waals surface area contributed by atoms with Gasteiger partial charge in [0.05, 0.1) is 19.8 Å². The molecule has 0 aromatic heterocycles. The molecule has 0 N–H and O–H groups in total. The highest BCUT2D eigenvalue weighted by Crippen LogP contribution is 2.39. The third-order valence-electron chi connectivity index (χ3n) is 7.65. The molecule has 3 nitrogen and oxygen atoms in total. The van der Waals surface area contributed by atoms with Crippen LogP contribution in [0.25, 0.3) is 0 Å². The largest absolute Gasteiger partial charge is 0.494 e. The zero-order valence-corrected chi connectivity index (χ0v) is 21.0. The van der Waals surface area contributed by atoms with Gasteiger partial charge in [-0.05, 0) is 60.8 Å². The molecule has 4 rings (SSSR count). The third-order valence-corrected chi connectivity index (χ3v) is 7.65. The van der Waals surface area contributed by atoms with Crippen molar-refractivity contribution in [1.29, 1.82) is 0 Å². The molecule has 0 bridgehead atoms. The molecule has 9 heteroatoms. The molecule has 1 saturated heterocycles. The van der Waals surface area contributed by atoms with E-state index in [1.807, 2.05) is 0 Å². The van der Waals surface area contributed by atoms with Crippen LogP contribution in [0.3, 0.4) is 0 Å². The molecule has 1 aliphatic carbocycles. The Balaban J connectivity index is 1.36. The van der Waals surface area contributed by atoms with Crippen molar-refractivity contribution in [1.82, 2.24) is 0 Å². The summed E-state index contributed by atoms with van der Waals surface area (Å²) in [6, 6.07) is 4.46. The number of alkyl halides is 2. The predicted octanol–water partition coefficient (Wildman–Crippen LogP) is 7.60. The SMILES string of the molecule is COc1ccc(OCC(F)(F)Cc2ccc(C3CCC(C4CCC(C)CC4)OC3)c(F)c2F)c(F)c1F. The van der Waals surface area contributed by atoms with Crippen molar-refractivity contribution in [2.24, 2.45) is 11.8 Å². The quantitative estimate of drug-likeness (QED) is 0.329. The summed E-state index contributed by atoms with van der Waals surface area (Å²) in [5.74, 6) is -9.30. The van der Waals surface area contributed by atoms with Crippen LogP contribution in [-0.2, 0) is 11.2 Å². The number of hydrogen-bond acceptors (Lipinski definition) is 3. The first-order valence-electron chi connectivity index (χ1n) is 12.7. The van der Waals surface area contributed by atoms with Crippen molar-refractivity contribution in [2.45, 2.75) is 69.8 Å². The Morgan fingerprint density at radius 2 is 1.51 bits per heavy atom. The summed E-state index contributed by atoms with van der Waals surface area (Å²) in [5.41, 5.74) is -0.408. The fraction of sp³-hybridized carbons (Fsp3) is 0.571. The highest BCUT2D eigenvalue weighted by atomic mass is 19.3. The van der Waals surface area contributed by atoms with Gasteiger partial charge in [0.25, 0.3) is 5.92 Å². The minimum absolute atomic E-state index is 0.118. The molecule has 1 heterocycles. The van der Waals surface area contributed by atoms with E-state index in [4.69, 9.17) is 9.47 Å². The second-order valence-corrected chi connectivity index (χ2v) is 10.3. The lowest BCUT2D eigenvalue weighted by Gasteiger charge is -2.37. The summed E-state index contributed by atoms with van der Waals surface area (Å²) in [4.78, 5) is 0. The van der Waals surface area contributed by atoms with Crippen molar-refractivity contribution in [2.75, 3.05) is 20.3 Å². The molecule has 2 aliphatic rings. The van der Waals surface area contributed by atoms with Gasteiger partial charge in [-0.15, -0.1) is 0 Å². The smallest absolute Gasteiger partial charge is 0.285 e. The van der Waals surface area contributed by atoms with E-state index < -0.39 is 59.3 Å². The summed E-state index contributed by atoms with van der Waals surface area (Å²) in [7, 11) is 1.13. The molecule has 0 spiro atoms. The first kappa shape index (κ1) is 27.6. The lowest BCUT2D eigenvalue weighted by atomic mass is 9.77. The van der Waals surface area contributed by atoms with Crippen molar-refractivity contribution in [3.63, 3.8) is 0 Å². The first-order valence-corrected chi connectivity index (χ1v) is 12.7. The predicted molar refractivity (Wildman–Crippen MR) is 126 cm³/mol. The topological polar surface area (TPSA) is 27.7 Å². The monoisotopic (exact) mass is 530 g/mol. The number of hydrogen-bond donors (Lipinski definition) is 0.